The number of benzene rings is 2. The van der Waals surface area contributed by atoms with Crippen LogP contribution in [0.2, 0.25) is 0 Å². The van der Waals surface area contributed by atoms with Crippen molar-refractivity contribution in [2.75, 3.05) is 50.2 Å². The van der Waals surface area contributed by atoms with Crippen molar-refractivity contribution in [2.45, 2.75) is 19.1 Å². The summed E-state index contributed by atoms with van der Waals surface area (Å²) < 4.78 is 24.7. The molecule has 1 aliphatic rings. The van der Waals surface area contributed by atoms with Gasteiger partial charge < -0.3 is 34.8 Å². The Morgan fingerprint density at radius 3 is 2.95 bits per heavy atom. The maximum absolute atomic E-state index is 13.2. The van der Waals surface area contributed by atoms with Gasteiger partial charge in [-0.3, -0.25) is 4.79 Å². The van der Waals surface area contributed by atoms with Gasteiger partial charge in [0.05, 0.1) is 41.0 Å². The molecule has 200 valence electrons. The molecular weight excluding hydrogens is 557 g/mol. The van der Waals surface area contributed by atoms with Crippen LogP contribution < -0.4 is 20.5 Å². The molecule has 1 saturated heterocycles. The van der Waals surface area contributed by atoms with Gasteiger partial charge in [-0.1, -0.05) is 6.07 Å². The number of ether oxygens (including phenoxy) is 2. The third-order valence-corrected chi connectivity index (χ3v) is 7.30. The second-order valence-electron chi connectivity index (χ2n) is 9.22. The van der Waals surface area contributed by atoms with E-state index in [2.05, 4.69) is 36.1 Å². The number of nitrogens with one attached hydrogen (secondary N) is 3. The van der Waals surface area contributed by atoms with Crippen LogP contribution >= 0.6 is 15.9 Å². The molecule has 0 spiro atoms. The Morgan fingerprint density at radius 1 is 1.34 bits per heavy atom. The Morgan fingerprint density at radius 2 is 2.18 bits per heavy atom. The summed E-state index contributed by atoms with van der Waals surface area (Å²) in [4.78, 5) is 25.8. The number of morpholine rings is 1. The molecule has 2 atom stereocenters. The Labute approximate surface area is 227 Å². The highest BCUT2D eigenvalue weighted by atomic mass is 79.9. The quantitative estimate of drug-likeness (QED) is 0.243. The summed E-state index contributed by atoms with van der Waals surface area (Å²) >= 11 is 3.44. The van der Waals surface area contributed by atoms with Gasteiger partial charge in [0.1, 0.15) is 29.9 Å². The van der Waals surface area contributed by atoms with Crippen molar-refractivity contribution >= 4 is 38.3 Å². The molecule has 0 amide bonds. The molecule has 0 bridgehead atoms. The van der Waals surface area contributed by atoms with E-state index >= 15 is 0 Å². The van der Waals surface area contributed by atoms with Crippen LogP contribution in [0, 0.1) is 6.92 Å². The van der Waals surface area contributed by atoms with Gasteiger partial charge >= 0.3 is 0 Å². The summed E-state index contributed by atoms with van der Waals surface area (Å²) in [5.74, 6) is 1.08. The number of fused-ring (bicyclic) bond motifs is 1. The number of aliphatic hydroxyl groups is 1. The standard InChI is InChI=1S/C27H29BrFN5O4/c1-15-9-17(34-7-8-38-18(12-29)14-34)11-21-25(15)33-26(32-21)24-20(5-6-30-27(24)36)31-13-22(35)16-3-4-23(37-2)19(28)10-16/h3-6,9-11,18,22,35H,7-8,12-14H2,1-2H3,(H,32,33)(H2,30,31,36)/t18-,22+/m0/s1. The molecule has 0 unspecified atom stereocenters. The molecule has 38 heavy (non-hydrogen) atoms. The second kappa shape index (κ2) is 11.1. The van der Waals surface area contributed by atoms with Crippen LogP contribution in [0.1, 0.15) is 17.2 Å². The van der Waals surface area contributed by atoms with Crippen molar-refractivity contribution in [3.63, 3.8) is 0 Å². The minimum Gasteiger partial charge on any atom is -0.496 e. The normalized spacial score (nSPS) is 16.6. The first-order chi connectivity index (χ1) is 18.4. The number of methoxy groups -OCH3 is 1. The molecule has 0 aliphatic carbocycles. The van der Waals surface area contributed by atoms with Gasteiger partial charge in [0.15, 0.2) is 0 Å². The van der Waals surface area contributed by atoms with Gasteiger partial charge in [-0.2, -0.15) is 0 Å². The Balaban J connectivity index is 1.42. The van der Waals surface area contributed by atoms with Crippen LogP contribution in [0.4, 0.5) is 15.8 Å². The summed E-state index contributed by atoms with van der Waals surface area (Å²) in [6.07, 6.45) is 0.283. The minimum atomic E-state index is -0.827. The number of rotatable bonds is 8. The number of aliphatic hydroxyl groups excluding tert-OH is 1. The van der Waals surface area contributed by atoms with Crippen LogP contribution in [0.3, 0.4) is 0 Å². The van der Waals surface area contributed by atoms with Crippen molar-refractivity contribution in [3.8, 4) is 17.1 Å². The predicted octanol–water partition coefficient (Wildman–Crippen LogP) is 4.32. The van der Waals surface area contributed by atoms with Gasteiger partial charge in [0, 0.05) is 31.5 Å². The van der Waals surface area contributed by atoms with Crippen LogP contribution in [-0.4, -0.2) is 66.2 Å². The molecular formula is C27H29BrFN5O4. The van der Waals surface area contributed by atoms with Crippen LogP contribution in [0.15, 0.2) is 51.9 Å². The number of nitrogens with zero attached hydrogens (tertiary/aromatic N) is 2. The van der Waals surface area contributed by atoms with E-state index in [1.54, 1.807) is 37.6 Å². The highest BCUT2D eigenvalue weighted by Gasteiger charge is 2.22. The first-order valence-corrected chi connectivity index (χ1v) is 13.1. The Hall–Kier alpha value is -3.41. The van der Waals surface area contributed by atoms with E-state index in [4.69, 9.17) is 14.5 Å². The lowest BCUT2D eigenvalue weighted by Gasteiger charge is -2.33. The Kier molecular flexibility index (Phi) is 7.68. The molecule has 2 aromatic carbocycles. The first-order valence-electron chi connectivity index (χ1n) is 12.3. The number of aromatic amines is 2. The van der Waals surface area contributed by atoms with Crippen molar-refractivity contribution < 1.29 is 19.0 Å². The van der Waals surface area contributed by atoms with Crippen molar-refractivity contribution in [3.05, 3.63) is 68.5 Å². The second-order valence-corrected chi connectivity index (χ2v) is 10.1. The molecule has 9 nitrogen and oxygen atoms in total. The number of halogens is 2. The van der Waals surface area contributed by atoms with Gasteiger partial charge in [-0.05, 0) is 64.3 Å². The molecule has 0 saturated carbocycles. The number of aromatic nitrogens is 3. The highest BCUT2D eigenvalue weighted by Crippen LogP contribution is 2.31. The lowest BCUT2D eigenvalue weighted by molar-refractivity contribution is 0.0247. The smallest absolute Gasteiger partial charge is 0.261 e. The molecule has 4 aromatic rings. The highest BCUT2D eigenvalue weighted by molar-refractivity contribution is 9.10. The summed E-state index contributed by atoms with van der Waals surface area (Å²) in [7, 11) is 1.58. The summed E-state index contributed by atoms with van der Waals surface area (Å²) in [6.45, 7) is 3.22. The summed E-state index contributed by atoms with van der Waals surface area (Å²) in [6, 6.07) is 11.1. The van der Waals surface area contributed by atoms with Crippen LogP contribution in [-0.2, 0) is 4.74 Å². The zero-order valence-electron chi connectivity index (χ0n) is 21.1. The molecule has 1 aliphatic heterocycles. The fraction of sp³-hybridized carbons (Fsp3) is 0.333. The molecule has 2 aromatic heterocycles. The Bertz CT molecular complexity index is 1510. The summed E-state index contributed by atoms with van der Waals surface area (Å²) in [5, 5.41) is 14.0. The maximum atomic E-state index is 13.2. The van der Waals surface area contributed by atoms with Gasteiger partial charge in [-0.25, -0.2) is 9.37 Å². The van der Waals surface area contributed by atoms with E-state index in [1.807, 2.05) is 19.1 Å². The average molecular weight is 586 g/mol. The number of pyridine rings is 1. The zero-order chi connectivity index (χ0) is 26.8. The van der Waals surface area contributed by atoms with Crippen molar-refractivity contribution in [2.24, 2.45) is 0 Å². The first kappa shape index (κ1) is 26.2. The third-order valence-electron chi connectivity index (χ3n) is 6.68. The fourth-order valence-electron chi connectivity index (χ4n) is 4.70. The number of anilines is 2. The van der Waals surface area contributed by atoms with E-state index in [0.29, 0.717) is 48.1 Å². The van der Waals surface area contributed by atoms with E-state index in [1.165, 1.54) is 0 Å². The van der Waals surface area contributed by atoms with E-state index in [0.717, 1.165) is 26.8 Å². The third kappa shape index (κ3) is 5.27. The number of alkyl halides is 1. The lowest BCUT2D eigenvalue weighted by atomic mass is 10.1. The molecule has 3 heterocycles. The summed E-state index contributed by atoms with van der Waals surface area (Å²) in [5.41, 5.74) is 4.67. The SMILES string of the molecule is COc1ccc([C@H](O)CNc2cc[nH]c(=O)c2-c2nc3c(C)cc(N4CCO[C@@H](CF)C4)cc3[nH]2)cc1Br. The van der Waals surface area contributed by atoms with Gasteiger partial charge in [0.25, 0.3) is 5.56 Å². The van der Waals surface area contributed by atoms with E-state index < -0.39 is 18.9 Å². The molecule has 11 heteroatoms. The van der Waals surface area contributed by atoms with Crippen LogP contribution in [0.25, 0.3) is 22.4 Å². The molecule has 1 fully saturated rings. The lowest BCUT2D eigenvalue weighted by Crippen LogP contribution is -2.43. The fourth-order valence-corrected chi connectivity index (χ4v) is 5.25. The number of hydrogen-bond acceptors (Lipinski definition) is 7. The topological polar surface area (TPSA) is 116 Å². The largest absolute Gasteiger partial charge is 0.496 e. The minimum absolute atomic E-state index is 0.172. The zero-order valence-corrected chi connectivity index (χ0v) is 22.6. The number of hydrogen-bond donors (Lipinski definition) is 4. The van der Waals surface area contributed by atoms with Gasteiger partial charge in [0.2, 0.25) is 0 Å². The average Bonchev–Trinajstić information content (AvgIpc) is 3.36. The molecule has 4 N–H and O–H groups in total. The van der Waals surface area contributed by atoms with E-state index in [-0.39, 0.29) is 12.1 Å². The molecule has 5 rings (SSSR count). The predicted molar refractivity (Wildman–Crippen MR) is 149 cm³/mol. The van der Waals surface area contributed by atoms with Crippen molar-refractivity contribution in [1.29, 1.82) is 0 Å². The monoisotopic (exact) mass is 585 g/mol. The van der Waals surface area contributed by atoms with Crippen molar-refractivity contribution in [1.82, 2.24) is 15.0 Å². The molecule has 0 radical (unpaired) electrons. The van der Waals surface area contributed by atoms with E-state index in [9.17, 15) is 14.3 Å². The number of aryl methyl sites for hydroxylation is 1. The number of imidazole rings is 1. The van der Waals surface area contributed by atoms with Crippen LogP contribution in [0.5, 0.6) is 5.75 Å². The maximum Gasteiger partial charge on any atom is 0.261 e. The number of H-pyrrole nitrogens is 2. The van der Waals surface area contributed by atoms with Gasteiger partial charge in [-0.15, -0.1) is 0 Å².